The molecule has 0 aromatic carbocycles. The van der Waals surface area contributed by atoms with Crippen LogP contribution in [0.3, 0.4) is 0 Å². The van der Waals surface area contributed by atoms with E-state index in [9.17, 15) is 9.59 Å². The highest BCUT2D eigenvalue weighted by molar-refractivity contribution is 5.83. The second-order valence-electron chi connectivity index (χ2n) is 13.8. The molecule has 0 aromatic heterocycles. The first-order valence-electron chi connectivity index (χ1n) is 15.3. The lowest BCUT2D eigenvalue weighted by molar-refractivity contribution is -0.167. The number of fused-ring (bicyclic) bond motifs is 1. The van der Waals surface area contributed by atoms with Gasteiger partial charge in [0.2, 0.25) is 0 Å². The Labute approximate surface area is 240 Å². The average molecular weight is 569 g/mol. The molecule has 4 fully saturated rings. The third-order valence-corrected chi connectivity index (χ3v) is 8.89. The van der Waals surface area contributed by atoms with Crippen molar-refractivity contribution in [3.63, 3.8) is 0 Å². The Bertz CT molecular complexity index is 903. The van der Waals surface area contributed by atoms with Crippen molar-refractivity contribution in [2.45, 2.75) is 160 Å². The molecule has 1 aliphatic carbocycles. The summed E-state index contributed by atoms with van der Waals surface area (Å²) in [7, 11) is 0. The Balaban J connectivity index is 1.32. The second kappa shape index (κ2) is 12.2. The molecule has 0 N–H and O–H groups in total. The monoisotopic (exact) mass is 568 g/mol. The van der Waals surface area contributed by atoms with E-state index in [4.69, 9.17) is 33.2 Å². The normalized spacial score (nSPS) is 37.0. The number of carbonyl (C=O) groups excluding carboxylic acids is 2. The predicted molar refractivity (Wildman–Crippen MR) is 148 cm³/mol. The largest absolute Gasteiger partial charge is 0.463 e. The number of hydrogen-bond donors (Lipinski definition) is 0. The lowest BCUT2D eigenvalue weighted by Gasteiger charge is -2.31. The van der Waals surface area contributed by atoms with Crippen LogP contribution in [-0.2, 0) is 42.7 Å². The van der Waals surface area contributed by atoms with Gasteiger partial charge in [0.05, 0.1) is 71.4 Å². The Morgan fingerprint density at radius 1 is 0.750 bits per heavy atom. The number of rotatable bonds is 16. The summed E-state index contributed by atoms with van der Waals surface area (Å²) in [4.78, 5) is 26.5. The molecule has 0 spiro atoms. The molecule has 0 aromatic rings. The minimum atomic E-state index is -0.625. The van der Waals surface area contributed by atoms with E-state index in [1.54, 1.807) is 0 Å². The summed E-state index contributed by atoms with van der Waals surface area (Å²) >= 11 is 0. The SMILES string of the molecule is CC(C)OC(C)COC(=O)C1CC2OC2(CCC2OC2(C)CCC2OC2(C)C)CC1C(=O)OCC(C)OC(C)C. The van der Waals surface area contributed by atoms with Gasteiger partial charge >= 0.3 is 11.9 Å². The minimum absolute atomic E-state index is 0.00358. The van der Waals surface area contributed by atoms with Gasteiger partial charge in [-0.05, 0) is 101 Å². The van der Waals surface area contributed by atoms with Crippen LogP contribution >= 0.6 is 0 Å². The molecule has 3 heterocycles. The highest BCUT2D eigenvalue weighted by Crippen LogP contribution is 2.57. The molecule has 1 saturated carbocycles. The molecule has 0 bridgehead atoms. The first kappa shape index (κ1) is 31.7. The van der Waals surface area contributed by atoms with E-state index in [-0.39, 0.29) is 73.0 Å². The quantitative estimate of drug-likeness (QED) is 0.192. The lowest BCUT2D eigenvalue weighted by Crippen LogP contribution is -2.42. The van der Waals surface area contributed by atoms with Crippen LogP contribution in [0.5, 0.6) is 0 Å². The van der Waals surface area contributed by atoms with Crippen molar-refractivity contribution in [2.75, 3.05) is 13.2 Å². The van der Waals surface area contributed by atoms with Crippen LogP contribution in [0.1, 0.15) is 101 Å². The summed E-state index contributed by atoms with van der Waals surface area (Å²) in [5.41, 5.74) is -0.539. The molecule has 4 aliphatic rings. The molecule has 3 saturated heterocycles. The fraction of sp³-hybridized carbons (Fsp3) is 0.935. The lowest BCUT2D eigenvalue weighted by atomic mass is 9.72. The van der Waals surface area contributed by atoms with E-state index in [2.05, 4.69) is 20.8 Å². The number of carbonyl (C=O) groups is 2. The Morgan fingerprint density at radius 2 is 1.27 bits per heavy atom. The van der Waals surface area contributed by atoms with Gasteiger partial charge in [-0.15, -0.1) is 0 Å². The van der Waals surface area contributed by atoms with E-state index in [0.717, 1.165) is 25.7 Å². The zero-order chi connectivity index (χ0) is 29.5. The number of ether oxygens (including phenoxy) is 7. The van der Waals surface area contributed by atoms with E-state index >= 15 is 0 Å². The number of epoxide rings is 3. The second-order valence-corrected chi connectivity index (χ2v) is 13.8. The standard InChI is InChI=1S/C31H52O9/c1-18(2)36-20(5)16-34-27(32)22-14-26-31(40-26,15-23(22)28(33)35-17-21(6)37-19(3)4)13-11-25-30(9,39-25)12-10-24-29(7,8)38-24/h18-26H,10-17H2,1-9H3. The summed E-state index contributed by atoms with van der Waals surface area (Å²) in [6, 6.07) is 0. The van der Waals surface area contributed by atoms with Gasteiger partial charge in [-0.2, -0.15) is 0 Å². The van der Waals surface area contributed by atoms with Crippen LogP contribution in [0.15, 0.2) is 0 Å². The molecule has 9 nitrogen and oxygen atoms in total. The summed E-state index contributed by atoms with van der Waals surface area (Å²) in [5.74, 6) is -2.01. The van der Waals surface area contributed by atoms with Crippen LogP contribution in [0, 0.1) is 11.8 Å². The van der Waals surface area contributed by atoms with Gasteiger partial charge in [-0.3, -0.25) is 9.59 Å². The molecule has 40 heavy (non-hydrogen) atoms. The van der Waals surface area contributed by atoms with Crippen molar-refractivity contribution in [2.24, 2.45) is 11.8 Å². The van der Waals surface area contributed by atoms with E-state index < -0.39 is 17.4 Å². The molecule has 9 heteroatoms. The fourth-order valence-electron chi connectivity index (χ4n) is 6.46. The molecule has 0 radical (unpaired) electrons. The van der Waals surface area contributed by atoms with Gasteiger partial charge in [-0.25, -0.2) is 0 Å². The fourth-order valence-corrected chi connectivity index (χ4v) is 6.46. The van der Waals surface area contributed by atoms with Gasteiger partial charge < -0.3 is 33.2 Å². The summed E-state index contributed by atoms with van der Waals surface area (Å²) in [6.07, 6.45) is 4.57. The zero-order valence-corrected chi connectivity index (χ0v) is 26.0. The molecule has 9 atom stereocenters. The smallest absolute Gasteiger partial charge is 0.310 e. The summed E-state index contributed by atoms with van der Waals surface area (Å²) < 4.78 is 40.8. The molecule has 9 unspecified atom stereocenters. The molecular weight excluding hydrogens is 516 g/mol. The highest BCUT2D eigenvalue weighted by atomic mass is 16.6. The first-order chi connectivity index (χ1) is 18.6. The van der Waals surface area contributed by atoms with E-state index in [0.29, 0.717) is 18.9 Å². The topological polar surface area (TPSA) is 109 Å². The predicted octanol–water partition coefficient (Wildman–Crippen LogP) is 4.76. The van der Waals surface area contributed by atoms with Crippen LogP contribution in [-0.4, -0.2) is 84.7 Å². The molecule has 0 amide bonds. The zero-order valence-electron chi connectivity index (χ0n) is 26.0. The van der Waals surface area contributed by atoms with Crippen LogP contribution in [0.2, 0.25) is 0 Å². The van der Waals surface area contributed by atoms with Gasteiger partial charge in [0.15, 0.2) is 0 Å². The van der Waals surface area contributed by atoms with E-state index in [1.165, 1.54) is 0 Å². The maximum atomic E-state index is 13.4. The van der Waals surface area contributed by atoms with Crippen molar-refractivity contribution in [1.82, 2.24) is 0 Å². The van der Waals surface area contributed by atoms with Crippen molar-refractivity contribution in [1.29, 1.82) is 0 Å². The van der Waals surface area contributed by atoms with Crippen molar-refractivity contribution < 1.29 is 42.7 Å². The third kappa shape index (κ3) is 7.97. The molecule has 3 aliphatic heterocycles. The Kier molecular flexibility index (Phi) is 9.62. The van der Waals surface area contributed by atoms with Crippen molar-refractivity contribution in [3.05, 3.63) is 0 Å². The maximum Gasteiger partial charge on any atom is 0.310 e. The molecule has 4 rings (SSSR count). The first-order valence-corrected chi connectivity index (χ1v) is 15.3. The van der Waals surface area contributed by atoms with Gasteiger partial charge in [-0.1, -0.05) is 0 Å². The third-order valence-electron chi connectivity index (χ3n) is 8.89. The Morgan fingerprint density at radius 3 is 1.80 bits per heavy atom. The number of esters is 2. The number of hydrogen-bond acceptors (Lipinski definition) is 9. The van der Waals surface area contributed by atoms with Gasteiger partial charge in [0.25, 0.3) is 0 Å². The van der Waals surface area contributed by atoms with Crippen LogP contribution < -0.4 is 0 Å². The van der Waals surface area contributed by atoms with Crippen molar-refractivity contribution in [3.8, 4) is 0 Å². The highest BCUT2D eigenvalue weighted by Gasteiger charge is 2.65. The van der Waals surface area contributed by atoms with Crippen molar-refractivity contribution >= 4 is 11.9 Å². The Hall–Kier alpha value is -1.26. The van der Waals surface area contributed by atoms with Gasteiger partial charge in [0.1, 0.15) is 13.2 Å². The van der Waals surface area contributed by atoms with E-state index in [1.807, 2.05) is 41.5 Å². The maximum absolute atomic E-state index is 13.4. The van der Waals surface area contributed by atoms with Crippen LogP contribution in [0.25, 0.3) is 0 Å². The van der Waals surface area contributed by atoms with Crippen LogP contribution in [0.4, 0.5) is 0 Å². The summed E-state index contributed by atoms with van der Waals surface area (Å²) in [5, 5.41) is 0. The minimum Gasteiger partial charge on any atom is -0.463 e. The molecule has 230 valence electrons. The average Bonchev–Trinajstić information content (AvgIpc) is 3.79. The summed E-state index contributed by atoms with van der Waals surface area (Å²) in [6.45, 7) is 18.2. The molecular formula is C31H52O9. The van der Waals surface area contributed by atoms with Gasteiger partial charge in [0, 0.05) is 0 Å².